The Bertz CT molecular complexity index is 341. The number of carbonyl (C=O) groups is 1. The molecule has 0 aromatic carbocycles. The molecule has 0 radical (unpaired) electrons. The van der Waals surface area contributed by atoms with Gasteiger partial charge in [-0.1, -0.05) is 6.42 Å². The number of halogens is 2. The van der Waals surface area contributed by atoms with Gasteiger partial charge in [0, 0.05) is 11.5 Å². The number of ketones is 1. The van der Waals surface area contributed by atoms with Crippen LogP contribution >= 0.6 is 43.2 Å². The SMILES string of the molecule is O=C(c1cc(Br)sc1Br)C1CCC1. The van der Waals surface area contributed by atoms with E-state index in [1.54, 1.807) is 11.3 Å². The second-order valence-electron chi connectivity index (χ2n) is 3.23. The first-order chi connectivity index (χ1) is 6.18. The van der Waals surface area contributed by atoms with Gasteiger partial charge in [0.25, 0.3) is 0 Å². The lowest BCUT2D eigenvalue weighted by atomic mass is 9.80. The lowest BCUT2D eigenvalue weighted by Crippen LogP contribution is -2.21. The minimum Gasteiger partial charge on any atom is -0.294 e. The van der Waals surface area contributed by atoms with E-state index in [1.807, 2.05) is 6.07 Å². The zero-order valence-corrected chi connectivity index (χ0v) is 10.8. The van der Waals surface area contributed by atoms with Crippen LogP contribution in [0.5, 0.6) is 0 Å². The fraction of sp³-hybridized carbons (Fsp3) is 0.444. The average molecular weight is 324 g/mol. The molecule has 0 amide bonds. The van der Waals surface area contributed by atoms with Crippen LogP contribution < -0.4 is 0 Å². The molecule has 2 rings (SSSR count). The third kappa shape index (κ3) is 1.90. The van der Waals surface area contributed by atoms with Crippen molar-refractivity contribution in [2.75, 3.05) is 0 Å². The zero-order chi connectivity index (χ0) is 9.42. The maximum absolute atomic E-state index is 11.8. The van der Waals surface area contributed by atoms with Crippen LogP contribution in [0.3, 0.4) is 0 Å². The molecular formula is C9H8Br2OS. The summed E-state index contributed by atoms with van der Waals surface area (Å²) in [6.07, 6.45) is 3.34. The van der Waals surface area contributed by atoms with Crippen LogP contribution in [0.2, 0.25) is 0 Å². The van der Waals surface area contributed by atoms with Crippen molar-refractivity contribution in [1.82, 2.24) is 0 Å². The van der Waals surface area contributed by atoms with Crippen LogP contribution in [0.25, 0.3) is 0 Å². The van der Waals surface area contributed by atoms with E-state index >= 15 is 0 Å². The molecule has 1 aromatic rings. The molecule has 1 fully saturated rings. The van der Waals surface area contributed by atoms with Crippen LogP contribution in [-0.2, 0) is 0 Å². The summed E-state index contributed by atoms with van der Waals surface area (Å²) in [5.41, 5.74) is 0.849. The summed E-state index contributed by atoms with van der Waals surface area (Å²) < 4.78 is 1.97. The first kappa shape index (κ1) is 9.87. The highest BCUT2D eigenvalue weighted by Crippen LogP contribution is 2.37. The molecule has 13 heavy (non-hydrogen) atoms. The van der Waals surface area contributed by atoms with Crippen molar-refractivity contribution in [2.45, 2.75) is 19.3 Å². The Hall–Kier alpha value is 0.330. The largest absolute Gasteiger partial charge is 0.294 e. The molecule has 1 heterocycles. The second-order valence-corrected chi connectivity index (χ2v) is 6.98. The molecule has 0 unspecified atom stereocenters. The molecule has 1 aliphatic carbocycles. The predicted molar refractivity (Wildman–Crippen MR) is 61.4 cm³/mol. The van der Waals surface area contributed by atoms with E-state index in [1.165, 1.54) is 6.42 Å². The van der Waals surface area contributed by atoms with Crippen molar-refractivity contribution in [3.8, 4) is 0 Å². The van der Waals surface area contributed by atoms with E-state index in [2.05, 4.69) is 31.9 Å². The van der Waals surface area contributed by atoms with E-state index in [0.717, 1.165) is 26.0 Å². The Morgan fingerprint density at radius 3 is 2.54 bits per heavy atom. The number of hydrogen-bond donors (Lipinski definition) is 0. The van der Waals surface area contributed by atoms with Crippen molar-refractivity contribution in [2.24, 2.45) is 5.92 Å². The third-order valence-electron chi connectivity index (χ3n) is 2.40. The van der Waals surface area contributed by atoms with Crippen LogP contribution in [0.1, 0.15) is 29.6 Å². The van der Waals surface area contributed by atoms with Crippen LogP contribution in [0.15, 0.2) is 13.6 Å². The zero-order valence-electron chi connectivity index (χ0n) is 6.85. The van der Waals surface area contributed by atoms with Crippen molar-refractivity contribution in [3.05, 3.63) is 19.2 Å². The number of Topliss-reactive ketones (excluding diaryl/α,β-unsaturated/α-hetero) is 1. The summed E-state index contributed by atoms with van der Waals surface area (Å²) in [6, 6.07) is 1.91. The molecule has 1 aliphatic rings. The second kappa shape index (κ2) is 3.83. The lowest BCUT2D eigenvalue weighted by molar-refractivity contribution is 0.0855. The van der Waals surface area contributed by atoms with E-state index < -0.39 is 0 Å². The molecule has 0 atom stereocenters. The maximum atomic E-state index is 11.8. The molecule has 70 valence electrons. The topological polar surface area (TPSA) is 17.1 Å². The Balaban J connectivity index is 2.23. The molecule has 1 saturated carbocycles. The highest BCUT2D eigenvalue weighted by atomic mass is 79.9. The first-order valence-corrected chi connectivity index (χ1v) is 6.58. The fourth-order valence-corrected chi connectivity index (χ4v) is 4.22. The molecule has 0 bridgehead atoms. The summed E-state index contributed by atoms with van der Waals surface area (Å²) in [5.74, 6) is 0.595. The molecule has 1 nitrogen and oxygen atoms in total. The van der Waals surface area contributed by atoms with Gasteiger partial charge in [0.15, 0.2) is 5.78 Å². The van der Waals surface area contributed by atoms with Crippen LogP contribution in [0.4, 0.5) is 0 Å². The number of thiophene rings is 1. The smallest absolute Gasteiger partial charge is 0.167 e. The van der Waals surface area contributed by atoms with Crippen LogP contribution in [0, 0.1) is 5.92 Å². The Kier molecular flexibility index (Phi) is 2.91. The minimum absolute atomic E-state index is 0.290. The van der Waals surface area contributed by atoms with Gasteiger partial charge in [0.05, 0.1) is 7.57 Å². The number of carbonyl (C=O) groups excluding carboxylic acids is 1. The van der Waals surface area contributed by atoms with Gasteiger partial charge in [-0.05, 0) is 50.8 Å². The third-order valence-corrected chi connectivity index (χ3v) is 4.74. The molecule has 0 saturated heterocycles. The van der Waals surface area contributed by atoms with Gasteiger partial charge in [0.2, 0.25) is 0 Å². The molecule has 0 spiro atoms. The normalized spacial score (nSPS) is 17.1. The van der Waals surface area contributed by atoms with Crippen molar-refractivity contribution >= 4 is 49.0 Å². The number of hydrogen-bond acceptors (Lipinski definition) is 2. The quantitative estimate of drug-likeness (QED) is 0.743. The van der Waals surface area contributed by atoms with E-state index in [-0.39, 0.29) is 5.92 Å². The van der Waals surface area contributed by atoms with Gasteiger partial charge < -0.3 is 0 Å². The maximum Gasteiger partial charge on any atom is 0.167 e. The van der Waals surface area contributed by atoms with E-state index in [9.17, 15) is 4.79 Å². The van der Waals surface area contributed by atoms with Gasteiger partial charge in [0.1, 0.15) is 0 Å². The Morgan fingerprint density at radius 2 is 2.15 bits per heavy atom. The summed E-state index contributed by atoms with van der Waals surface area (Å²) in [5, 5.41) is 0. The minimum atomic E-state index is 0.290. The van der Waals surface area contributed by atoms with Crippen molar-refractivity contribution < 1.29 is 4.79 Å². The van der Waals surface area contributed by atoms with Crippen molar-refractivity contribution in [3.63, 3.8) is 0 Å². The molecular weight excluding hydrogens is 316 g/mol. The fourth-order valence-electron chi connectivity index (χ4n) is 1.40. The molecule has 4 heteroatoms. The summed E-state index contributed by atoms with van der Waals surface area (Å²) in [6.45, 7) is 0. The number of rotatable bonds is 2. The van der Waals surface area contributed by atoms with Gasteiger partial charge in [-0.15, -0.1) is 11.3 Å². The monoisotopic (exact) mass is 322 g/mol. The van der Waals surface area contributed by atoms with Gasteiger partial charge in [-0.3, -0.25) is 4.79 Å². The van der Waals surface area contributed by atoms with E-state index in [4.69, 9.17) is 0 Å². The molecule has 0 N–H and O–H groups in total. The van der Waals surface area contributed by atoms with E-state index in [0.29, 0.717) is 5.78 Å². The van der Waals surface area contributed by atoms with Crippen molar-refractivity contribution in [1.29, 1.82) is 0 Å². The highest BCUT2D eigenvalue weighted by Gasteiger charge is 2.28. The summed E-state index contributed by atoms with van der Waals surface area (Å²) in [4.78, 5) is 11.8. The summed E-state index contributed by atoms with van der Waals surface area (Å²) in [7, 11) is 0. The van der Waals surface area contributed by atoms with Crippen LogP contribution in [-0.4, -0.2) is 5.78 Å². The summed E-state index contributed by atoms with van der Waals surface area (Å²) >= 11 is 8.35. The standard InChI is InChI=1S/C9H8Br2OS/c10-7-4-6(9(11)13-7)8(12)5-2-1-3-5/h4-5H,1-3H2. The Morgan fingerprint density at radius 1 is 1.46 bits per heavy atom. The highest BCUT2D eigenvalue weighted by molar-refractivity contribution is 9.12. The molecule has 1 aromatic heterocycles. The molecule has 0 aliphatic heterocycles. The van der Waals surface area contributed by atoms with Gasteiger partial charge in [-0.25, -0.2) is 0 Å². The Labute approximate surface area is 97.8 Å². The van der Waals surface area contributed by atoms with Gasteiger partial charge in [-0.2, -0.15) is 0 Å². The van der Waals surface area contributed by atoms with Gasteiger partial charge >= 0.3 is 0 Å². The predicted octanol–water partition coefficient (Wildman–Crippen LogP) is 4.26. The lowest BCUT2D eigenvalue weighted by Gasteiger charge is -2.23. The average Bonchev–Trinajstić information content (AvgIpc) is 2.26. The first-order valence-electron chi connectivity index (χ1n) is 4.17.